The Morgan fingerprint density at radius 1 is 1.28 bits per heavy atom. The second-order valence-corrected chi connectivity index (χ2v) is 4.54. The van der Waals surface area contributed by atoms with Crippen LogP contribution in [-0.4, -0.2) is 20.9 Å². The first-order chi connectivity index (χ1) is 8.75. The molecule has 0 spiro atoms. The van der Waals surface area contributed by atoms with Gasteiger partial charge in [0.25, 0.3) is 0 Å². The van der Waals surface area contributed by atoms with Crippen LogP contribution in [0.15, 0.2) is 30.3 Å². The van der Waals surface area contributed by atoms with E-state index in [1.54, 1.807) is 0 Å². The quantitative estimate of drug-likeness (QED) is 0.895. The van der Waals surface area contributed by atoms with Crippen LogP contribution in [0.4, 0.5) is 0 Å². The van der Waals surface area contributed by atoms with Gasteiger partial charge in [0.05, 0.1) is 17.8 Å². The van der Waals surface area contributed by atoms with E-state index in [9.17, 15) is 4.79 Å². The van der Waals surface area contributed by atoms with Crippen molar-refractivity contribution in [2.75, 3.05) is 0 Å². The predicted octanol–water partition coefficient (Wildman–Crippen LogP) is 1.99. The summed E-state index contributed by atoms with van der Waals surface area (Å²) >= 11 is 0. The number of carboxylic acid groups (broad SMARTS) is 1. The molecule has 18 heavy (non-hydrogen) atoms. The van der Waals surface area contributed by atoms with Gasteiger partial charge in [-0.1, -0.05) is 18.2 Å². The molecule has 0 saturated carbocycles. The highest BCUT2D eigenvalue weighted by Gasteiger charge is 2.23. The number of benzene rings is 1. The summed E-state index contributed by atoms with van der Waals surface area (Å²) in [6, 6.07) is 9.89. The number of carboxylic acids is 1. The molecule has 0 amide bonds. The summed E-state index contributed by atoms with van der Waals surface area (Å²) < 4.78 is 1.90. The van der Waals surface area contributed by atoms with Crippen LogP contribution in [0.1, 0.15) is 23.4 Å². The topological polar surface area (TPSA) is 55.1 Å². The smallest absolute Gasteiger partial charge is 0.309 e. The van der Waals surface area contributed by atoms with Crippen molar-refractivity contribution in [3.8, 4) is 5.69 Å². The number of nitrogens with zero attached hydrogens (tertiary/aromatic N) is 2. The van der Waals surface area contributed by atoms with Crippen molar-refractivity contribution in [3.63, 3.8) is 0 Å². The van der Waals surface area contributed by atoms with Crippen LogP contribution in [0.25, 0.3) is 5.69 Å². The molecule has 2 aromatic rings. The van der Waals surface area contributed by atoms with Gasteiger partial charge in [0.1, 0.15) is 0 Å². The van der Waals surface area contributed by atoms with E-state index in [4.69, 9.17) is 5.11 Å². The van der Waals surface area contributed by atoms with E-state index in [2.05, 4.69) is 5.10 Å². The number of fused-ring (bicyclic) bond motifs is 1. The van der Waals surface area contributed by atoms with Crippen molar-refractivity contribution in [2.24, 2.45) is 0 Å². The molecule has 0 radical (unpaired) electrons. The van der Waals surface area contributed by atoms with E-state index in [0.717, 1.165) is 36.2 Å². The summed E-state index contributed by atoms with van der Waals surface area (Å²) in [4.78, 5) is 10.9. The van der Waals surface area contributed by atoms with E-state index in [0.29, 0.717) is 0 Å². The first-order valence-corrected chi connectivity index (χ1v) is 6.12. The molecule has 0 fully saturated rings. The highest BCUT2D eigenvalue weighted by Crippen LogP contribution is 2.27. The van der Waals surface area contributed by atoms with E-state index >= 15 is 0 Å². The van der Waals surface area contributed by atoms with Crippen molar-refractivity contribution in [2.45, 2.75) is 25.7 Å². The molecule has 1 aromatic carbocycles. The number of carbonyl (C=O) groups is 1. The molecule has 0 atom stereocenters. The van der Waals surface area contributed by atoms with Gasteiger partial charge in [0.15, 0.2) is 0 Å². The fraction of sp³-hybridized carbons (Fsp3) is 0.286. The van der Waals surface area contributed by atoms with Gasteiger partial charge >= 0.3 is 5.97 Å². The lowest BCUT2D eigenvalue weighted by atomic mass is 10.1. The lowest BCUT2D eigenvalue weighted by Gasteiger charge is -2.04. The van der Waals surface area contributed by atoms with Crippen LogP contribution in [-0.2, 0) is 24.1 Å². The average molecular weight is 242 g/mol. The summed E-state index contributed by atoms with van der Waals surface area (Å²) in [6.07, 6.45) is 3.04. The Bertz CT molecular complexity index is 587. The minimum absolute atomic E-state index is 0.0160. The van der Waals surface area contributed by atoms with Crippen molar-refractivity contribution in [3.05, 3.63) is 47.3 Å². The van der Waals surface area contributed by atoms with E-state index in [1.165, 1.54) is 5.69 Å². The minimum Gasteiger partial charge on any atom is -0.481 e. The molecule has 1 aliphatic carbocycles. The van der Waals surface area contributed by atoms with Crippen molar-refractivity contribution in [1.82, 2.24) is 9.78 Å². The Morgan fingerprint density at radius 3 is 2.78 bits per heavy atom. The number of hydrogen-bond acceptors (Lipinski definition) is 2. The standard InChI is InChI=1S/C14H14N2O2/c17-14(18)9-12-11-7-4-8-13(11)16(15-12)10-5-2-1-3-6-10/h1-3,5-6H,4,7-9H2,(H,17,18). The molecule has 4 heteroatoms. The first kappa shape index (κ1) is 11.0. The SMILES string of the molecule is O=C(O)Cc1nn(-c2ccccc2)c2c1CCC2. The fourth-order valence-corrected chi connectivity index (χ4v) is 2.58. The molecule has 1 N–H and O–H groups in total. The van der Waals surface area contributed by atoms with E-state index in [1.807, 2.05) is 35.0 Å². The largest absolute Gasteiger partial charge is 0.481 e. The molecule has 0 unspecified atom stereocenters. The van der Waals surface area contributed by atoms with Crippen LogP contribution in [0.3, 0.4) is 0 Å². The highest BCUT2D eigenvalue weighted by molar-refractivity contribution is 5.70. The molecular weight excluding hydrogens is 228 g/mol. The number of aromatic nitrogens is 2. The Morgan fingerprint density at radius 2 is 2.06 bits per heavy atom. The molecule has 0 bridgehead atoms. The van der Waals surface area contributed by atoms with Gasteiger partial charge in [0, 0.05) is 5.69 Å². The van der Waals surface area contributed by atoms with Crippen LogP contribution in [0.2, 0.25) is 0 Å². The normalized spacial score (nSPS) is 13.6. The summed E-state index contributed by atoms with van der Waals surface area (Å²) in [7, 11) is 0. The van der Waals surface area contributed by atoms with Gasteiger partial charge in [0.2, 0.25) is 0 Å². The lowest BCUT2D eigenvalue weighted by Crippen LogP contribution is -2.05. The molecule has 1 aromatic heterocycles. The highest BCUT2D eigenvalue weighted by atomic mass is 16.4. The zero-order chi connectivity index (χ0) is 12.5. The van der Waals surface area contributed by atoms with Gasteiger partial charge in [-0.05, 0) is 37.0 Å². The Balaban J connectivity index is 2.09. The Hall–Kier alpha value is -2.10. The third kappa shape index (κ3) is 1.79. The summed E-state index contributed by atoms with van der Waals surface area (Å²) in [5, 5.41) is 13.4. The fourth-order valence-electron chi connectivity index (χ4n) is 2.58. The zero-order valence-corrected chi connectivity index (χ0v) is 9.97. The van der Waals surface area contributed by atoms with Gasteiger partial charge in [-0.3, -0.25) is 4.79 Å². The second-order valence-electron chi connectivity index (χ2n) is 4.54. The van der Waals surface area contributed by atoms with Crippen LogP contribution >= 0.6 is 0 Å². The zero-order valence-electron chi connectivity index (χ0n) is 9.97. The van der Waals surface area contributed by atoms with Gasteiger partial charge in [-0.25, -0.2) is 4.68 Å². The maximum Gasteiger partial charge on any atom is 0.309 e. The predicted molar refractivity (Wildman–Crippen MR) is 66.9 cm³/mol. The summed E-state index contributed by atoms with van der Waals surface area (Å²) in [6.45, 7) is 0. The molecule has 92 valence electrons. The molecule has 4 nitrogen and oxygen atoms in total. The Kier molecular flexibility index (Phi) is 2.63. The van der Waals surface area contributed by atoms with E-state index < -0.39 is 5.97 Å². The molecule has 1 heterocycles. The maximum atomic E-state index is 10.9. The van der Waals surface area contributed by atoms with Crippen molar-refractivity contribution >= 4 is 5.97 Å². The third-order valence-corrected chi connectivity index (χ3v) is 3.33. The lowest BCUT2D eigenvalue weighted by molar-refractivity contribution is -0.136. The van der Waals surface area contributed by atoms with Crippen LogP contribution in [0.5, 0.6) is 0 Å². The summed E-state index contributed by atoms with van der Waals surface area (Å²) in [5.74, 6) is -0.817. The third-order valence-electron chi connectivity index (χ3n) is 3.33. The first-order valence-electron chi connectivity index (χ1n) is 6.12. The second kappa shape index (κ2) is 4.29. The van der Waals surface area contributed by atoms with Crippen LogP contribution in [0, 0.1) is 0 Å². The minimum atomic E-state index is -0.817. The van der Waals surface area contributed by atoms with Crippen molar-refractivity contribution in [1.29, 1.82) is 0 Å². The molecule has 0 saturated heterocycles. The van der Waals surface area contributed by atoms with E-state index in [-0.39, 0.29) is 6.42 Å². The number of hydrogen-bond donors (Lipinski definition) is 1. The molecule has 0 aliphatic heterocycles. The summed E-state index contributed by atoms with van der Waals surface area (Å²) in [5.41, 5.74) is 4.05. The van der Waals surface area contributed by atoms with Crippen LogP contribution < -0.4 is 0 Å². The van der Waals surface area contributed by atoms with Gasteiger partial charge in [-0.2, -0.15) is 5.10 Å². The van der Waals surface area contributed by atoms with Gasteiger partial charge in [-0.15, -0.1) is 0 Å². The molecule has 1 aliphatic rings. The Labute approximate surface area is 105 Å². The number of aliphatic carboxylic acids is 1. The number of para-hydroxylation sites is 1. The maximum absolute atomic E-state index is 10.9. The van der Waals surface area contributed by atoms with Gasteiger partial charge < -0.3 is 5.11 Å². The molecular formula is C14H14N2O2. The monoisotopic (exact) mass is 242 g/mol. The van der Waals surface area contributed by atoms with Crippen molar-refractivity contribution < 1.29 is 9.90 Å². The average Bonchev–Trinajstić information content (AvgIpc) is 2.93. The molecule has 3 rings (SSSR count). The number of rotatable bonds is 3.